The molecule has 186 valence electrons. The lowest BCUT2D eigenvalue weighted by molar-refractivity contribution is -0.152. The molecule has 2 N–H and O–H groups in total. The van der Waals surface area contributed by atoms with Gasteiger partial charge in [-0.25, -0.2) is 0 Å². The molecule has 0 fully saturated rings. The Balaban J connectivity index is 4.00. The van der Waals surface area contributed by atoms with Gasteiger partial charge in [-0.15, -0.1) is 0 Å². The Labute approximate surface area is 193 Å². The maximum atomic E-state index is 12.5. The van der Waals surface area contributed by atoms with Gasteiger partial charge in [0.05, 0.1) is 12.5 Å². The average molecular weight is 443 g/mol. The lowest BCUT2D eigenvalue weighted by Gasteiger charge is -2.17. The molecule has 0 aromatic rings. The summed E-state index contributed by atoms with van der Waals surface area (Å²) in [6.07, 6.45) is 23.9. The van der Waals surface area contributed by atoms with Crippen LogP contribution >= 0.6 is 0 Å². The number of hydrogen-bond donors (Lipinski definition) is 2. The second-order valence-corrected chi connectivity index (χ2v) is 9.40. The van der Waals surface area contributed by atoms with E-state index in [-0.39, 0.29) is 25.1 Å². The Kier molecular flexibility index (Phi) is 23.6. The van der Waals surface area contributed by atoms with Gasteiger partial charge in [0.15, 0.2) is 0 Å². The van der Waals surface area contributed by atoms with Crippen LogP contribution in [0, 0.1) is 5.92 Å². The molecule has 31 heavy (non-hydrogen) atoms. The lowest BCUT2D eigenvalue weighted by atomic mass is 9.94. The zero-order chi connectivity index (χ0) is 23.0. The Morgan fingerprint density at radius 1 is 0.645 bits per heavy atom. The minimum atomic E-state index is -0.968. The Hall–Kier alpha value is -0.610. The van der Waals surface area contributed by atoms with Crippen molar-refractivity contribution in [1.82, 2.24) is 0 Å². The molecule has 0 rings (SSSR count). The van der Waals surface area contributed by atoms with Gasteiger partial charge in [0.1, 0.15) is 12.7 Å². The van der Waals surface area contributed by atoms with Crippen molar-refractivity contribution in [1.29, 1.82) is 0 Å². The highest BCUT2D eigenvalue weighted by molar-refractivity contribution is 5.72. The molecule has 0 aromatic carbocycles. The monoisotopic (exact) mass is 442 g/mol. The van der Waals surface area contributed by atoms with Crippen LogP contribution in [0.2, 0.25) is 0 Å². The van der Waals surface area contributed by atoms with Crippen LogP contribution < -0.4 is 0 Å². The number of aliphatic hydroxyl groups excluding tert-OH is 2. The molecule has 0 aliphatic carbocycles. The second kappa shape index (κ2) is 24.0. The van der Waals surface area contributed by atoms with Gasteiger partial charge >= 0.3 is 5.97 Å². The number of carbonyl (C=O) groups is 1. The predicted molar refractivity (Wildman–Crippen MR) is 131 cm³/mol. The van der Waals surface area contributed by atoms with Gasteiger partial charge in [0.25, 0.3) is 0 Å². The topological polar surface area (TPSA) is 66.8 Å². The number of unbranched alkanes of at least 4 members (excludes halogenated alkanes) is 16. The summed E-state index contributed by atoms with van der Waals surface area (Å²) in [5, 5.41) is 18.4. The van der Waals surface area contributed by atoms with Crippen molar-refractivity contribution < 1.29 is 19.7 Å². The molecule has 0 aliphatic rings. The molecule has 0 amide bonds. The van der Waals surface area contributed by atoms with Crippen molar-refractivity contribution in [2.24, 2.45) is 5.92 Å². The molecule has 0 spiro atoms. The zero-order valence-electron chi connectivity index (χ0n) is 20.9. The number of aliphatic hydroxyl groups is 2. The Morgan fingerprint density at radius 3 is 1.35 bits per heavy atom. The third-order valence-electron chi connectivity index (χ3n) is 6.27. The van der Waals surface area contributed by atoms with Gasteiger partial charge in [0.2, 0.25) is 0 Å². The van der Waals surface area contributed by atoms with E-state index < -0.39 is 6.10 Å². The predicted octanol–water partition coefficient (Wildman–Crippen LogP) is 7.34. The second-order valence-electron chi connectivity index (χ2n) is 9.40. The van der Waals surface area contributed by atoms with E-state index in [1.165, 1.54) is 103 Å². The highest BCUT2D eigenvalue weighted by atomic mass is 16.5. The van der Waals surface area contributed by atoms with Crippen LogP contribution in [0.25, 0.3) is 0 Å². The molecule has 0 heterocycles. The maximum absolute atomic E-state index is 12.5. The van der Waals surface area contributed by atoms with Crippen LogP contribution in [0.5, 0.6) is 0 Å². The summed E-state index contributed by atoms with van der Waals surface area (Å²) in [5.74, 6) is -0.244. The minimum absolute atomic E-state index is 0.0555. The Bertz CT molecular complexity index is 372. The highest BCUT2D eigenvalue weighted by Crippen LogP contribution is 2.21. The molecule has 0 bridgehead atoms. The third-order valence-corrected chi connectivity index (χ3v) is 6.27. The first-order chi connectivity index (χ1) is 15.2. The summed E-state index contributed by atoms with van der Waals surface area (Å²) in [7, 11) is 0. The number of ether oxygens (including phenoxy) is 1. The van der Waals surface area contributed by atoms with Gasteiger partial charge in [-0.3, -0.25) is 4.79 Å². The molecular formula is C27H54O4. The summed E-state index contributed by atoms with van der Waals surface area (Å²) in [6.45, 7) is 4.04. The molecule has 0 radical (unpaired) electrons. The van der Waals surface area contributed by atoms with Gasteiger partial charge in [-0.1, -0.05) is 129 Å². The molecule has 2 unspecified atom stereocenters. The molecule has 4 nitrogen and oxygen atoms in total. The molecule has 4 heteroatoms. The quantitative estimate of drug-likeness (QED) is 0.121. The zero-order valence-corrected chi connectivity index (χ0v) is 20.9. The van der Waals surface area contributed by atoms with E-state index in [1.54, 1.807) is 0 Å². The van der Waals surface area contributed by atoms with Crippen molar-refractivity contribution in [3.05, 3.63) is 0 Å². The van der Waals surface area contributed by atoms with Crippen molar-refractivity contribution in [3.63, 3.8) is 0 Å². The fourth-order valence-corrected chi connectivity index (χ4v) is 4.13. The summed E-state index contributed by atoms with van der Waals surface area (Å²) in [5.41, 5.74) is 0. The molecular weight excluding hydrogens is 388 g/mol. The fraction of sp³-hybridized carbons (Fsp3) is 0.963. The van der Waals surface area contributed by atoms with Gasteiger partial charge in [0, 0.05) is 0 Å². The van der Waals surface area contributed by atoms with E-state index >= 15 is 0 Å². The first kappa shape index (κ1) is 30.4. The van der Waals surface area contributed by atoms with Gasteiger partial charge in [-0.2, -0.15) is 0 Å². The van der Waals surface area contributed by atoms with Crippen LogP contribution in [0.4, 0.5) is 0 Å². The normalized spacial score (nSPS) is 13.3. The molecule has 0 saturated heterocycles. The van der Waals surface area contributed by atoms with Crippen LogP contribution in [0.15, 0.2) is 0 Å². The first-order valence-electron chi connectivity index (χ1n) is 13.6. The molecule has 0 saturated carbocycles. The van der Waals surface area contributed by atoms with E-state index in [1.807, 2.05) is 0 Å². The molecule has 0 aromatic heterocycles. The van der Waals surface area contributed by atoms with Crippen molar-refractivity contribution in [2.45, 2.75) is 148 Å². The van der Waals surface area contributed by atoms with Crippen LogP contribution in [0.1, 0.15) is 142 Å². The SMILES string of the molecule is CCCCCCCCCCCCC(CCCCCCCCCC)C(=O)OCC(O)CO. The third kappa shape index (κ3) is 21.0. The number of hydrogen-bond acceptors (Lipinski definition) is 4. The molecule has 0 aliphatic heterocycles. The smallest absolute Gasteiger partial charge is 0.309 e. The minimum Gasteiger partial charge on any atom is -0.463 e. The van der Waals surface area contributed by atoms with Crippen LogP contribution in [-0.2, 0) is 9.53 Å². The van der Waals surface area contributed by atoms with Crippen LogP contribution in [0.3, 0.4) is 0 Å². The summed E-state index contributed by atoms with van der Waals surface area (Å²) in [6, 6.07) is 0. The lowest BCUT2D eigenvalue weighted by Crippen LogP contribution is -2.25. The number of esters is 1. The molecule has 2 atom stereocenters. The van der Waals surface area contributed by atoms with Crippen LogP contribution in [-0.4, -0.2) is 35.5 Å². The van der Waals surface area contributed by atoms with Gasteiger partial charge in [-0.05, 0) is 12.8 Å². The van der Waals surface area contributed by atoms with Crippen molar-refractivity contribution in [2.75, 3.05) is 13.2 Å². The Morgan fingerprint density at radius 2 is 1.00 bits per heavy atom. The summed E-state index contributed by atoms with van der Waals surface area (Å²) >= 11 is 0. The highest BCUT2D eigenvalue weighted by Gasteiger charge is 2.20. The van der Waals surface area contributed by atoms with Crippen molar-refractivity contribution >= 4 is 5.97 Å². The number of carbonyl (C=O) groups excluding carboxylic acids is 1. The van der Waals surface area contributed by atoms with E-state index in [0.717, 1.165) is 25.7 Å². The largest absolute Gasteiger partial charge is 0.463 e. The van der Waals surface area contributed by atoms with E-state index in [2.05, 4.69) is 13.8 Å². The van der Waals surface area contributed by atoms with Crippen molar-refractivity contribution in [3.8, 4) is 0 Å². The standard InChI is InChI=1S/C27H54O4/c1-3-5-7-9-11-13-14-16-18-20-22-25(27(30)31-24-26(29)23-28)21-19-17-15-12-10-8-6-4-2/h25-26,28-29H,3-24H2,1-2H3. The van der Waals surface area contributed by atoms with E-state index in [0.29, 0.717) is 0 Å². The van der Waals surface area contributed by atoms with E-state index in [4.69, 9.17) is 9.84 Å². The van der Waals surface area contributed by atoms with Gasteiger partial charge < -0.3 is 14.9 Å². The summed E-state index contributed by atoms with van der Waals surface area (Å²) < 4.78 is 5.27. The average Bonchev–Trinajstić information content (AvgIpc) is 2.78. The summed E-state index contributed by atoms with van der Waals surface area (Å²) in [4.78, 5) is 12.5. The van der Waals surface area contributed by atoms with E-state index in [9.17, 15) is 9.90 Å². The fourth-order valence-electron chi connectivity index (χ4n) is 4.13. The maximum Gasteiger partial charge on any atom is 0.309 e. The number of rotatable bonds is 24. The first-order valence-corrected chi connectivity index (χ1v) is 13.6.